The molecule has 0 unspecified atom stereocenters. The molecule has 3 rings (SSSR count). The number of carbonyl (C=O) groups excluding carboxylic acids is 1. The van der Waals surface area contributed by atoms with Crippen LogP contribution in [0.1, 0.15) is 36.1 Å². The van der Waals surface area contributed by atoms with Gasteiger partial charge >= 0.3 is 5.97 Å². The first-order valence-electron chi connectivity index (χ1n) is 9.72. The van der Waals surface area contributed by atoms with Crippen molar-refractivity contribution in [3.8, 4) is 11.5 Å². The zero-order valence-corrected chi connectivity index (χ0v) is 18.3. The van der Waals surface area contributed by atoms with Crippen molar-refractivity contribution in [1.29, 1.82) is 0 Å². The van der Waals surface area contributed by atoms with E-state index in [4.69, 9.17) is 18.6 Å². The molecule has 1 atom stereocenters. The maximum Gasteiger partial charge on any atom is 0.374 e. The number of fused-ring (bicyclic) bond motifs is 1. The van der Waals surface area contributed by atoms with Crippen LogP contribution >= 0.6 is 0 Å². The third kappa shape index (κ3) is 3.95. The second kappa shape index (κ2) is 9.21. The summed E-state index contributed by atoms with van der Waals surface area (Å²) in [6.45, 7) is 7.60. The van der Waals surface area contributed by atoms with Gasteiger partial charge in [-0.05, 0) is 30.3 Å². The molecule has 0 amide bonds. The van der Waals surface area contributed by atoms with E-state index in [1.807, 2.05) is 13.8 Å². The molecule has 2 aromatic carbocycles. The summed E-state index contributed by atoms with van der Waals surface area (Å²) >= 11 is 0. The number of benzene rings is 2. The molecule has 0 spiro atoms. The van der Waals surface area contributed by atoms with Gasteiger partial charge in [0.15, 0.2) is 0 Å². The van der Waals surface area contributed by atoms with Crippen LogP contribution in [-0.2, 0) is 4.74 Å². The minimum atomic E-state index is -0.872. The lowest BCUT2D eigenvalue weighted by atomic mass is 9.81. The summed E-state index contributed by atoms with van der Waals surface area (Å²) in [5, 5.41) is 20.2. The third-order valence-electron chi connectivity index (χ3n) is 5.32. The maximum absolute atomic E-state index is 12.8. The molecule has 32 heavy (non-hydrogen) atoms. The Hall–Kier alpha value is -3.69. The van der Waals surface area contributed by atoms with Gasteiger partial charge in [-0.1, -0.05) is 19.9 Å². The quantitative estimate of drug-likeness (QED) is 0.202. The van der Waals surface area contributed by atoms with E-state index < -0.39 is 17.5 Å². The number of carbonyl (C=O) groups is 1. The summed E-state index contributed by atoms with van der Waals surface area (Å²) in [4.78, 5) is 12.8. The molecule has 0 fully saturated rings. The standard InChI is InChI=1S/C23H26N2O7/c1-6-23(2,3)21(32-22(26)16-8-7-11-31-16)13-12-17(29-4)18-14(24-27)9-10-15(25-28)19(18)20(13)30-5/h6-12,21,24-25,27-28H,1H2,2-5H3/t21-/m1/s1. The van der Waals surface area contributed by atoms with E-state index in [0.29, 0.717) is 39.2 Å². The Morgan fingerprint density at radius 2 is 1.78 bits per heavy atom. The van der Waals surface area contributed by atoms with Crippen molar-refractivity contribution in [2.45, 2.75) is 20.0 Å². The van der Waals surface area contributed by atoms with Crippen LogP contribution in [-0.4, -0.2) is 30.6 Å². The molecule has 0 aliphatic heterocycles. The molecule has 9 heteroatoms. The zero-order valence-electron chi connectivity index (χ0n) is 18.3. The lowest BCUT2D eigenvalue weighted by Crippen LogP contribution is -2.26. The van der Waals surface area contributed by atoms with E-state index in [2.05, 4.69) is 17.5 Å². The largest absolute Gasteiger partial charge is 0.496 e. The maximum atomic E-state index is 12.8. The van der Waals surface area contributed by atoms with Crippen LogP contribution in [0.15, 0.2) is 53.7 Å². The second-order valence-electron chi connectivity index (χ2n) is 7.62. The summed E-state index contributed by atoms with van der Waals surface area (Å²) in [5.74, 6) is 0.0402. The lowest BCUT2D eigenvalue weighted by Gasteiger charge is -2.33. The number of methoxy groups -OCH3 is 2. The van der Waals surface area contributed by atoms with Crippen molar-refractivity contribution < 1.29 is 33.8 Å². The number of ether oxygens (including phenoxy) is 3. The van der Waals surface area contributed by atoms with Crippen molar-refractivity contribution in [3.63, 3.8) is 0 Å². The van der Waals surface area contributed by atoms with Gasteiger partial charge in [0.2, 0.25) is 5.76 Å². The number of hydrogen-bond acceptors (Lipinski definition) is 9. The first kappa shape index (κ1) is 23.0. The Labute approximate surface area is 185 Å². The van der Waals surface area contributed by atoms with Crippen LogP contribution in [0.2, 0.25) is 0 Å². The van der Waals surface area contributed by atoms with Gasteiger partial charge in [0.05, 0.1) is 42.6 Å². The number of hydrogen-bond donors (Lipinski definition) is 4. The molecule has 4 N–H and O–H groups in total. The predicted molar refractivity (Wildman–Crippen MR) is 119 cm³/mol. The van der Waals surface area contributed by atoms with Crippen LogP contribution in [0, 0.1) is 5.41 Å². The van der Waals surface area contributed by atoms with E-state index in [-0.39, 0.29) is 5.76 Å². The van der Waals surface area contributed by atoms with Gasteiger partial charge in [0.1, 0.15) is 17.6 Å². The van der Waals surface area contributed by atoms with Gasteiger partial charge in [-0.25, -0.2) is 4.79 Å². The average molecular weight is 442 g/mol. The average Bonchev–Trinajstić information content (AvgIpc) is 3.35. The van der Waals surface area contributed by atoms with Crippen molar-refractivity contribution in [2.24, 2.45) is 5.41 Å². The number of rotatable bonds is 9. The molecule has 0 saturated carbocycles. The summed E-state index contributed by atoms with van der Waals surface area (Å²) in [6, 6.07) is 7.87. The fourth-order valence-electron chi connectivity index (χ4n) is 3.56. The fraction of sp³-hybridized carbons (Fsp3) is 0.261. The first-order valence-corrected chi connectivity index (χ1v) is 9.72. The SMILES string of the molecule is C=CC(C)(C)[C@H](OC(=O)c1ccco1)c1cc(OC)c2c(NO)ccc(NO)c2c1OC. The Balaban J connectivity index is 2.34. The number of anilines is 2. The molecule has 0 aliphatic rings. The second-order valence-corrected chi connectivity index (χ2v) is 7.62. The topological polar surface area (TPSA) is 122 Å². The van der Waals surface area contributed by atoms with Gasteiger partial charge in [-0.3, -0.25) is 21.4 Å². The lowest BCUT2D eigenvalue weighted by molar-refractivity contribution is -0.000308. The van der Waals surface area contributed by atoms with E-state index in [1.54, 1.807) is 30.3 Å². The van der Waals surface area contributed by atoms with Crippen LogP contribution < -0.4 is 20.4 Å². The van der Waals surface area contributed by atoms with Crippen LogP contribution in [0.5, 0.6) is 11.5 Å². The molecular formula is C23H26N2O7. The minimum absolute atomic E-state index is 0.0473. The highest BCUT2D eigenvalue weighted by Gasteiger charge is 2.36. The number of furan rings is 1. The Morgan fingerprint density at radius 1 is 1.12 bits per heavy atom. The molecule has 3 aromatic rings. The van der Waals surface area contributed by atoms with Crippen molar-refractivity contribution >= 4 is 28.1 Å². The van der Waals surface area contributed by atoms with Gasteiger partial charge in [0, 0.05) is 11.0 Å². The first-order chi connectivity index (χ1) is 15.3. The third-order valence-corrected chi connectivity index (χ3v) is 5.32. The summed E-state index contributed by atoms with van der Waals surface area (Å²) < 4.78 is 22.4. The summed E-state index contributed by atoms with van der Waals surface area (Å²) in [7, 11) is 2.92. The van der Waals surface area contributed by atoms with Crippen molar-refractivity contribution in [1.82, 2.24) is 0 Å². The van der Waals surface area contributed by atoms with Crippen LogP contribution in [0.4, 0.5) is 11.4 Å². The van der Waals surface area contributed by atoms with Crippen molar-refractivity contribution in [3.05, 3.63) is 60.6 Å². The Morgan fingerprint density at radius 3 is 2.28 bits per heavy atom. The van der Waals surface area contributed by atoms with Gasteiger partial charge in [-0.2, -0.15) is 0 Å². The molecule has 9 nitrogen and oxygen atoms in total. The molecule has 0 bridgehead atoms. The number of nitrogens with one attached hydrogen (secondary N) is 2. The minimum Gasteiger partial charge on any atom is -0.496 e. The summed E-state index contributed by atoms with van der Waals surface area (Å²) in [6.07, 6.45) is 2.18. The van der Waals surface area contributed by atoms with E-state index in [1.165, 1.54) is 26.5 Å². The molecule has 170 valence electrons. The highest BCUT2D eigenvalue weighted by atomic mass is 16.6. The van der Waals surface area contributed by atoms with E-state index >= 15 is 0 Å². The van der Waals surface area contributed by atoms with E-state index in [9.17, 15) is 15.2 Å². The van der Waals surface area contributed by atoms with E-state index in [0.717, 1.165) is 0 Å². The molecule has 1 aromatic heterocycles. The normalized spacial score (nSPS) is 12.2. The highest BCUT2D eigenvalue weighted by Crippen LogP contribution is 2.50. The van der Waals surface area contributed by atoms with Crippen molar-refractivity contribution in [2.75, 3.05) is 25.2 Å². The molecule has 0 radical (unpaired) electrons. The van der Waals surface area contributed by atoms with Crippen LogP contribution in [0.25, 0.3) is 10.8 Å². The van der Waals surface area contributed by atoms with Gasteiger partial charge in [-0.15, -0.1) is 6.58 Å². The van der Waals surface area contributed by atoms with Crippen LogP contribution in [0.3, 0.4) is 0 Å². The molecular weight excluding hydrogens is 416 g/mol. The molecule has 1 heterocycles. The molecule has 0 aliphatic carbocycles. The monoisotopic (exact) mass is 442 g/mol. The highest BCUT2D eigenvalue weighted by molar-refractivity contribution is 6.09. The smallest absolute Gasteiger partial charge is 0.374 e. The predicted octanol–water partition coefficient (Wildman–Crippen LogP) is 5.16. The Bertz CT molecular complexity index is 1120. The summed E-state index contributed by atoms with van der Waals surface area (Å²) in [5.41, 5.74) is 4.62. The number of esters is 1. The Kier molecular flexibility index (Phi) is 6.61. The fourth-order valence-corrected chi connectivity index (χ4v) is 3.56. The van der Waals surface area contributed by atoms with Gasteiger partial charge in [0.25, 0.3) is 0 Å². The zero-order chi connectivity index (χ0) is 23.5. The van der Waals surface area contributed by atoms with Gasteiger partial charge < -0.3 is 18.6 Å². The molecule has 0 saturated heterocycles.